The van der Waals surface area contributed by atoms with Gasteiger partial charge in [0.2, 0.25) is 0 Å². The third-order valence-corrected chi connectivity index (χ3v) is 5.86. The molecule has 218 valence electrons. The van der Waals surface area contributed by atoms with E-state index in [4.69, 9.17) is 10.5 Å². The Morgan fingerprint density at radius 3 is 2.41 bits per heavy atom. The minimum Gasteiger partial charge on any atom is -0.488 e. The largest absolute Gasteiger partial charge is 0.488 e. The number of nitrogens with zero attached hydrogens (tertiary/aromatic N) is 4. The van der Waals surface area contributed by atoms with Gasteiger partial charge in [0, 0.05) is 24.2 Å². The number of benzene rings is 1. The van der Waals surface area contributed by atoms with Gasteiger partial charge in [-0.2, -0.15) is 18.3 Å². The van der Waals surface area contributed by atoms with E-state index in [9.17, 15) is 44.7 Å². The van der Waals surface area contributed by atoms with Crippen molar-refractivity contribution < 1.29 is 39.9 Å². The Balaban J connectivity index is 1.57. The highest BCUT2D eigenvalue weighted by atomic mass is 19.4. The van der Waals surface area contributed by atoms with Crippen molar-refractivity contribution in [2.75, 3.05) is 5.73 Å². The number of aromatic amines is 1. The van der Waals surface area contributed by atoms with E-state index in [1.165, 1.54) is 6.92 Å². The quantitative estimate of drug-likeness (QED) is 0.288. The lowest BCUT2D eigenvalue weighted by Gasteiger charge is -2.19. The van der Waals surface area contributed by atoms with Crippen LogP contribution < -0.4 is 21.6 Å². The van der Waals surface area contributed by atoms with E-state index in [1.807, 2.05) is 0 Å². The average molecular weight is 590 g/mol. The van der Waals surface area contributed by atoms with Gasteiger partial charge < -0.3 is 15.0 Å². The van der Waals surface area contributed by atoms with Crippen molar-refractivity contribution >= 4 is 16.6 Å². The molecule has 0 spiro atoms. The third kappa shape index (κ3) is 6.12. The molecule has 0 aliphatic rings. The number of ether oxygens (including phenoxy) is 1. The van der Waals surface area contributed by atoms with Crippen LogP contribution in [0.4, 0.5) is 40.9 Å². The van der Waals surface area contributed by atoms with Crippen LogP contribution in [0.2, 0.25) is 0 Å². The fourth-order valence-corrected chi connectivity index (χ4v) is 4.03. The average Bonchev–Trinajstić information content (AvgIpc) is 2.85. The molecule has 0 unspecified atom stereocenters. The van der Waals surface area contributed by atoms with Gasteiger partial charge >= 0.3 is 6.18 Å². The predicted octanol–water partition coefficient (Wildman–Crippen LogP) is 4.55. The summed E-state index contributed by atoms with van der Waals surface area (Å²) in [6.45, 7) is 0.425. The number of nitrogens with two attached hydrogens (primary N) is 1. The number of hydrogen-bond acceptors (Lipinski definition) is 7. The molecule has 3 aromatic heterocycles. The van der Waals surface area contributed by atoms with Crippen molar-refractivity contribution in [3.8, 4) is 17.1 Å². The summed E-state index contributed by atoms with van der Waals surface area (Å²) in [5, 5.41) is 3.96. The lowest BCUT2D eigenvalue weighted by atomic mass is 10.1. The van der Waals surface area contributed by atoms with Crippen molar-refractivity contribution in [2.24, 2.45) is 0 Å². The molecule has 9 nitrogen and oxygen atoms in total. The van der Waals surface area contributed by atoms with Crippen molar-refractivity contribution in [1.29, 1.82) is 0 Å². The molecule has 0 aliphatic heterocycles. The van der Waals surface area contributed by atoms with Crippen LogP contribution in [0.1, 0.15) is 30.9 Å². The molecule has 0 aliphatic carbocycles. The minimum absolute atomic E-state index is 0.406. The molecule has 0 saturated heterocycles. The number of aromatic nitrogens is 5. The van der Waals surface area contributed by atoms with E-state index in [2.05, 4.69) is 15.1 Å². The van der Waals surface area contributed by atoms with Crippen LogP contribution in [-0.4, -0.2) is 37.0 Å². The summed E-state index contributed by atoms with van der Waals surface area (Å²) >= 11 is 0. The molecule has 4 rings (SSSR count). The molecule has 4 aromatic rings. The first-order valence-electron chi connectivity index (χ1n) is 11.6. The fraction of sp³-hybridized carbons (Fsp3) is 0.292. The zero-order valence-corrected chi connectivity index (χ0v) is 20.6. The Kier molecular flexibility index (Phi) is 7.98. The number of hydrogen-bond donors (Lipinski definition) is 2. The first kappa shape index (κ1) is 29.4. The SMILES string of the molecule is C[C@H](C[C@@H](F)Cn1cc(F)c2cc(-c3ncc(C(F)F)c(N)n3)c(F)cc2c1=O)Oc1cn[nH]c(=O)c1C(F)(F)F. The van der Waals surface area contributed by atoms with Gasteiger partial charge in [-0.3, -0.25) is 9.59 Å². The topological polar surface area (TPSA) is 129 Å². The van der Waals surface area contributed by atoms with Gasteiger partial charge in [0.1, 0.15) is 23.6 Å². The lowest BCUT2D eigenvalue weighted by molar-refractivity contribution is -0.140. The first-order valence-corrected chi connectivity index (χ1v) is 11.6. The second-order valence-electron chi connectivity index (χ2n) is 8.84. The van der Waals surface area contributed by atoms with E-state index in [0.717, 1.165) is 6.07 Å². The normalized spacial score (nSPS) is 13.5. The molecule has 0 amide bonds. The number of pyridine rings is 1. The van der Waals surface area contributed by atoms with Crippen LogP contribution in [0, 0.1) is 11.6 Å². The Morgan fingerprint density at radius 1 is 1.07 bits per heavy atom. The lowest BCUT2D eigenvalue weighted by Crippen LogP contribution is -2.29. The monoisotopic (exact) mass is 590 g/mol. The Morgan fingerprint density at radius 2 is 1.78 bits per heavy atom. The van der Waals surface area contributed by atoms with Gasteiger partial charge in [-0.25, -0.2) is 37.0 Å². The van der Waals surface area contributed by atoms with Crippen LogP contribution in [0.15, 0.2) is 40.3 Å². The van der Waals surface area contributed by atoms with Crippen molar-refractivity contribution in [1.82, 2.24) is 24.7 Å². The van der Waals surface area contributed by atoms with Crippen molar-refractivity contribution in [2.45, 2.75) is 44.8 Å². The summed E-state index contributed by atoms with van der Waals surface area (Å²) in [4.78, 5) is 31.7. The summed E-state index contributed by atoms with van der Waals surface area (Å²) in [5.41, 5.74) is 0.0905. The third-order valence-electron chi connectivity index (χ3n) is 5.86. The Hall–Kier alpha value is -4.57. The van der Waals surface area contributed by atoms with Gasteiger partial charge in [0.15, 0.2) is 17.1 Å². The van der Waals surface area contributed by atoms with Gasteiger partial charge in [0.25, 0.3) is 17.5 Å². The van der Waals surface area contributed by atoms with Crippen LogP contribution in [0.3, 0.4) is 0 Å². The van der Waals surface area contributed by atoms with Crippen LogP contribution in [-0.2, 0) is 12.7 Å². The predicted molar refractivity (Wildman–Crippen MR) is 128 cm³/mol. The molecule has 0 fully saturated rings. The fourth-order valence-electron chi connectivity index (χ4n) is 4.03. The van der Waals surface area contributed by atoms with E-state index >= 15 is 0 Å². The molecule has 0 bridgehead atoms. The number of anilines is 1. The summed E-state index contributed by atoms with van der Waals surface area (Å²) in [5.74, 6) is -4.22. The maximum atomic E-state index is 15.0. The maximum Gasteiger partial charge on any atom is 0.425 e. The standard InChI is InChI=1S/C24H18F8N6O3/c1-9(41-17-6-35-37-22(39)18(17)24(30,31)32)2-10(25)7-38-8-16(27)11-3-13(15(26)4-12(11)23(38)40)21-34-5-14(19(28)29)20(33)36-21/h3-6,8-10,19H,2,7H2,1H3,(H,37,39)(H2,33,34,36)/t9-,10-/m1/s1. The summed E-state index contributed by atoms with van der Waals surface area (Å²) in [6, 6.07) is 1.52. The van der Waals surface area contributed by atoms with Crippen LogP contribution >= 0.6 is 0 Å². The minimum atomic E-state index is -5.08. The molecule has 17 heteroatoms. The molecule has 3 heterocycles. The highest BCUT2D eigenvalue weighted by molar-refractivity contribution is 5.86. The molecule has 0 saturated carbocycles. The van der Waals surface area contributed by atoms with E-state index in [0.29, 0.717) is 29.2 Å². The van der Waals surface area contributed by atoms with Gasteiger partial charge in [-0.05, 0) is 19.1 Å². The summed E-state index contributed by atoms with van der Waals surface area (Å²) in [7, 11) is 0. The number of nitrogen functional groups attached to an aromatic ring is 1. The van der Waals surface area contributed by atoms with Crippen molar-refractivity contribution in [3.05, 3.63) is 74.2 Å². The number of H-pyrrole nitrogens is 1. The molecular weight excluding hydrogens is 572 g/mol. The van der Waals surface area contributed by atoms with Gasteiger partial charge in [0.05, 0.1) is 35.4 Å². The summed E-state index contributed by atoms with van der Waals surface area (Å²) < 4.78 is 116. The molecular formula is C24H18F8N6O3. The highest BCUT2D eigenvalue weighted by Gasteiger charge is 2.38. The molecule has 2 atom stereocenters. The zero-order valence-electron chi connectivity index (χ0n) is 20.6. The van der Waals surface area contributed by atoms with E-state index in [1.54, 1.807) is 5.10 Å². The van der Waals surface area contributed by atoms with Crippen LogP contribution in [0.25, 0.3) is 22.2 Å². The molecule has 1 aromatic carbocycles. The number of nitrogens with one attached hydrogen (secondary N) is 1. The number of alkyl halides is 6. The molecule has 0 radical (unpaired) electrons. The van der Waals surface area contributed by atoms with Gasteiger partial charge in [-0.15, -0.1) is 0 Å². The van der Waals surface area contributed by atoms with E-state index in [-0.39, 0.29) is 0 Å². The Bertz CT molecular complexity index is 1720. The maximum absolute atomic E-state index is 15.0. The van der Waals surface area contributed by atoms with Crippen LogP contribution in [0.5, 0.6) is 5.75 Å². The Labute approximate surface area is 223 Å². The number of rotatable bonds is 8. The smallest absolute Gasteiger partial charge is 0.425 e. The van der Waals surface area contributed by atoms with Crippen molar-refractivity contribution in [3.63, 3.8) is 0 Å². The second-order valence-corrected chi connectivity index (χ2v) is 8.84. The first-order chi connectivity index (χ1) is 19.2. The number of fused-ring (bicyclic) bond motifs is 1. The summed E-state index contributed by atoms with van der Waals surface area (Å²) in [6.07, 6.45) is -9.95. The zero-order chi connectivity index (χ0) is 30.2. The van der Waals surface area contributed by atoms with E-state index < -0.39 is 105 Å². The molecule has 41 heavy (non-hydrogen) atoms. The highest BCUT2D eigenvalue weighted by Crippen LogP contribution is 2.33. The number of halogens is 8. The second kappa shape index (κ2) is 11.1. The van der Waals surface area contributed by atoms with Gasteiger partial charge in [-0.1, -0.05) is 0 Å². The molecule has 3 N–H and O–H groups in total.